The molecule has 1 aromatic heterocycles. The van der Waals surface area contributed by atoms with E-state index >= 15 is 0 Å². The lowest BCUT2D eigenvalue weighted by Crippen LogP contribution is -2.34. The Kier molecular flexibility index (Phi) is 4.64. The van der Waals surface area contributed by atoms with Gasteiger partial charge in [-0.05, 0) is 19.2 Å². The Morgan fingerprint density at radius 3 is 2.50 bits per heavy atom. The molecule has 1 heterocycles. The summed E-state index contributed by atoms with van der Waals surface area (Å²) in [5.41, 5.74) is 0.790. The van der Waals surface area contributed by atoms with Crippen LogP contribution in [-0.2, 0) is 11.3 Å². The van der Waals surface area contributed by atoms with Crippen LogP contribution >= 0.6 is 11.6 Å². The molecule has 0 aliphatic heterocycles. The van der Waals surface area contributed by atoms with Crippen LogP contribution in [0.4, 0.5) is 0 Å². The molecule has 1 amide bonds. The molecule has 16 heavy (non-hydrogen) atoms. The van der Waals surface area contributed by atoms with Gasteiger partial charge in [0.1, 0.15) is 0 Å². The SMILES string of the molecule is CN(CC(=O)N(C)C)Cc1ccc(Cl)nn1. The molecule has 1 rings (SSSR count). The molecule has 0 N–H and O–H groups in total. The maximum Gasteiger partial charge on any atom is 0.236 e. The zero-order chi connectivity index (χ0) is 12.1. The van der Waals surface area contributed by atoms with Crippen LogP contribution in [0.25, 0.3) is 0 Å². The standard InChI is InChI=1S/C10H15ClN4O/c1-14(2)10(16)7-15(3)6-8-4-5-9(11)13-12-8/h4-5H,6-7H2,1-3H3. The number of amides is 1. The van der Waals surface area contributed by atoms with E-state index in [1.165, 1.54) is 0 Å². The van der Waals surface area contributed by atoms with Crippen LogP contribution < -0.4 is 0 Å². The van der Waals surface area contributed by atoms with Crippen LogP contribution in [0.5, 0.6) is 0 Å². The second kappa shape index (κ2) is 5.77. The molecular weight excluding hydrogens is 228 g/mol. The van der Waals surface area contributed by atoms with E-state index in [1.54, 1.807) is 31.1 Å². The van der Waals surface area contributed by atoms with Gasteiger partial charge in [-0.25, -0.2) is 0 Å². The summed E-state index contributed by atoms with van der Waals surface area (Å²) in [5.74, 6) is 0.0597. The highest BCUT2D eigenvalue weighted by Gasteiger charge is 2.09. The molecular formula is C10H15ClN4O. The van der Waals surface area contributed by atoms with Crippen molar-refractivity contribution in [2.45, 2.75) is 6.54 Å². The Morgan fingerprint density at radius 1 is 1.31 bits per heavy atom. The normalized spacial score (nSPS) is 10.6. The summed E-state index contributed by atoms with van der Waals surface area (Å²) >= 11 is 5.63. The van der Waals surface area contributed by atoms with Gasteiger partial charge in [0.25, 0.3) is 0 Å². The molecule has 0 fully saturated rings. The quantitative estimate of drug-likeness (QED) is 0.778. The van der Waals surface area contributed by atoms with E-state index in [1.807, 2.05) is 11.9 Å². The van der Waals surface area contributed by atoms with E-state index < -0.39 is 0 Å². The summed E-state index contributed by atoms with van der Waals surface area (Å²) in [7, 11) is 5.33. The number of rotatable bonds is 4. The van der Waals surface area contributed by atoms with Gasteiger partial charge < -0.3 is 4.90 Å². The molecule has 5 nitrogen and oxygen atoms in total. The van der Waals surface area contributed by atoms with Gasteiger partial charge in [0, 0.05) is 20.6 Å². The van der Waals surface area contributed by atoms with Crippen molar-refractivity contribution in [3.05, 3.63) is 23.0 Å². The molecule has 0 atom stereocenters. The molecule has 0 unspecified atom stereocenters. The molecule has 0 aliphatic rings. The minimum Gasteiger partial charge on any atom is -0.348 e. The van der Waals surface area contributed by atoms with Crippen LogP contribution in [0, 0.1) is 0 Å². The van der Waals surface area contributed by atoms with Gasteiger partial charge in [0.15, 0.2) is 5.15 Å². The van der Waals surface area contributed by atoms with Crippen LogP contribution in [0.2, 0.25) is 5.15 Å². The summed E-state index contributed by atoms with van der Waals surface area (Å²) in [6, 6.07) is 3.48. The van der Waals surface area contributed by atoms with Crippen molar-refractivity contribution < 1.29 is 4.79 Å². The highest BCUT2D eigenvalue weighted by atomic mass is 35.5. The van der Waals surface area contributed by atoms with E-state index in [9.17, 15) is 4.79 Å². The number of likely N-dealkylation sites (N-methyl/N-ethyl adjacent to an activating group) is 2. The third kappa shape index (κ3) is 4.12. The molecule has 0 aliphatic carbocycles. The number of carbonyl (C=O) groups excluding carboxylic acids is 1. The number of carbonyl (C=O) groups is 1. The molecule has 0 saturated heterocycles. The number of hydrogen-bond donors (Lipinski definition) is 0. The van der Waals surface area contributed by atoms with E-state index in [4.69, 9.17) is 11.6 Å². The highest BCUT2D eigenvalue weighted by molar-refractivity contribution is 6.29. The minimum absolute atomic E-state index is 0.0597. The summed E-state index contributed by atoms with van der Waals surface area (Å²) in [6.45, 7) is 0.932. The molecule has 0 saturated carbocycles. The third-order valence-corrected chi connectivity index (χ3v) is 2.22. The molecule has 88 valence electrons. The fourth-order valence-electron chi connectivity index (χ4n) is 1.13. The Bertz CT molecular complexity index is 352. The van der Waals surface area contributed by atoms with Gasteiger partial charge in [0.05, 0.1) is 12.2 Å². The van der Waals surface area contributed by atoms with E-state index in [0.29, 0.717) is 18.2 Å². The number of aromatic nitrogens is 2. The van der Waals surface area contributed by atoms with Crippen molar-refractivity contribution in [1.82, 2.24) is 20.0 Å². The lowest BCUT2D eigenvalue weighted by molar-refractivity contribution is -0.129. The monoisotopic (exact) mass is 242 g/mol. The lowest BCUT2D eigenvalue weighted by atomic mass is 10.3. The fourth-order valence-corrected chi connectivity index (χ4v) is 1.23. The first kappa shape index (κ1) is 12.9. The Balaban J connectivity index is 2.48. The average molecular weight is 243 g/mol. The first-order chi connectivity index (χ1) is 7.49. The summed E-state index contributed by atoms with van der Waals surface area (Å²) < 4.78 is 0. The van der Waals surface area contributed by atoms with Gasteiger partial charge in [-0.15, -0.1) is 5.10 Å². The largest absolute Gasteiger partial charge is 0.348 e. The second-order valence-electron chi connectivity index (χ2n) is 3.81. The van der Waals surface area contributed by atoms with Crippen molar-refractivity contribution >= 4 is 17.5 Å². The van der Waals surface area contributed by atoms with Crippen molar-refractivity contribution in [1.29, 1.82) is 0 Å². The number of hydrogen-bond acceptors (Lipinski definition) is 4. The van der Waals surface area contributed by atoms with Crippen LogP contribution in [0.1, 0.15) is 5.69 Å². The number of halogens is 1. The maximum absolute atomic E-state index is 11.4. The smallest absolute Gasteiger partial charge is 0.236 e. The van der Waals surface area contributed by atoms with Gasteiger partial charge >= 0.3 is 0 Å². The van der Waals surface area contributed by atoms with Gasteiger partial charge in [0.2, 0.25) is 5.91 Å². The van der Waals surface area contributed by atoms with Crippen molar-refractivity contribution in [2.24, 2.45) is 0 Å². The molecule has 6 heteroatoms. The van der Waals surface area contributed by atoms with Crippen LogP contribution in [0.15, 0.2) is 12.1 Å². The van der Waals surface area contributed by atoms with Gasteiger partial charge in [-0.3, -0.25) is 9.69 Å². The van der Waals surface area contributed by atoms with Crippen molar-refractivity contribution in [3.8, 4) is 0 Å². The zero-order valence-electron chi connectivity index (χ0n) is 9.64. The fraction of sp³-hybridized carbons (Fsp3) is 0.500. The van der Waals surface area contributed by atoms with Crippen molar-refractivity contribution in [2.75, 3.05) is 27.7 Å². The third-order valence-electron chi connectivity index (χ3n) is 2.02. The minimum atomic E-state index is 0.0597. The first-order valence-corrected chi connectivity index (χ1v) is 5.23. The predicted molar refractivity (Wildman–Crippen MR) is 62.1 cm³/mol. The second-order valence-corrected chi connectivity index (χ2v) is 4.20. The molecule has 0 bridgehead atoms. The van der Waals surface area contributed by atoms with E-state index in [-0.39, 0.29) is 5.91 Å². The average Bonchev–Trinajstić information content (AvgIpc) is 2.21. The number of nitrogens with zero attached hydrogens (tertiary/aromatic N) is 4. The summed E-state index contributed by atoms with van der Waals surface area (Å²) in [6.07, 6.45) is 0. The molecule has 0 aromatic carbocycles. The first-order valence-electron chi connectivity index (χ1n) is 4.86. The van der Waals surface area contributed by atoms with Crippen LogP contribution in [-0.4, -0.2) is 53.6 Å². The zero-order valence-corrected chi connectivity index (χ0v) is 10.4. The van der Waals surface area contributed by atoms with Crippen LogP contribution in [0.3, 0.4) is 0 Å². The summed E-state index contributed by atoms with van der Waals surface area (Å²) in [4.78, 5) is 14.9. The van der Waals surface area contributed by atoms with Gasteiger partial charge in [-0.1, -0.05) is 11.6 Å². The maximum atomic E-state index is 11.4. The highest BCUT2D eigenvalue weighted by Crippen LogP contribution is 2.04. The Hall–Kier alpha value is -1.20. The lowest BCUT2D eigenvalue weighted by Gasteiger charge is -2.18. The van der Waals surface area contributed by atoms with Crippen molar-refractivity contribution in [3.63, 3.8) is 0 Å². The predicted octanol–water partition coefficient (Wildman–Crippen LogP) is 0.650. The molecule has 1 aromatic rings. The molecule has 0 radical (unpaired) electrons. The van der Waals surface area contributed by atoms with E-state index in [2.05, 4.69) is 10.2 Å². The topological polar surface area (TPSA) is 49.3 Å². The van der Waals surface area contributed by atoms with E-state index in [0.717, 1.165) is 5.69 Å². The van der Waals surface area contributed by atoms with Gasteiger partial charge in [-0.2, -0.15) is 5.10 Å². The Morgan fingerprint density at radius 2 is 2.00 bits per heavy atom. The Labute approximate surface area is 100 Å². The molecule has 0 spiro atoms. The summed E-state index contributed by atoms with van der Waals surface area (Å²) in [5, 5.41) is 8.03.